The molecule has 0 aliphatic carbocycles. The van der Waals surface area contributed by atoms with E-state index in [0.717, 1.165) is 11.3 Å². The van der Waals surface area contributed by atoms with Crippen molar-refractivity contribution in [2.45, 2.75) is 19.2 Å². The average Bonchev–Trinajstić information content (AvgIpc) is 2.78. The normalized spacial score (nSPS) is 11.2. The average molecular weight is 422 g/mol. The molecular weight excluding hydrogens is 398 g/mol. The van der Waals surface area contributed by atoms with Gasteiger partial charge in [0.05, 0.1) is 25.5 Å². The fourth-order valence-corrected chi connectivity index (χ4v) is 3.21. The maximum Gasteiger partial charge on any atom is 0.275 e. The number of benzene rings is 2. The number of hydrogen-bond acceptors (Lipinski definition) is 6. The Bertz CT molecular complexity index is 994. The predicted octanol–water partition coefficient (Wildman–Crippen LogP) is 3.88. The molecule has 0 fully saturated rings. The molecule has 154 valence electrons. The number of amidine groups is 1. The third kappa shape index (κ3) is 6.59. The van der Waals surface area contributed by atoms with Crippen molar-refractivity contribution >= 4 is 28.5 Å². The van der Waals surface area contributed by atoms with Crippen LogP contribution in [0.25, 0.3) is 0 Å². The number of aliphatic imine (C=N–C) groups is 1. The molecule has 0 unspecified atom stereocenters. The number of carbonyl (C=O) groups is 1. The van der Waals surface area contributed by atoms with Gasteiger partial charge in [-0.05, 0) is 30.2 Å². The van der Waals surface area contributed by atoms with E-state index < -0.39 is 0 Å². The molecule has 0 saturated carbocycles. The van der Waals surface area contributed by atoms with Gasteiger partial charge in [0.1, 0.15) is 5.69 Å². The maximum absolute atomic E-state index is 12.4. The molecule has 0 atom stereocenters. The molecule has 7 nitrogen and oxygen atoms in total. The lowest BCUT2D eigenvalue weighted by molar-refractivity contribution is 0.102. The Morgan fingerprint density at radius 1 is 1.10 bits per heavy atom. The monoisotopic (exact) mass is 421 g/mol. The van der Waals surface area contributed by atoms with Crippen LogP contribution >= 0.6 is 11.8 Å². The first-order valence-electron chi connectivity index (χ1n) is 9.46. The van der Waals surface area contributed by atoms with Crippen molar-refractivity contribution < 1.29 is 9.53 Å². The Morgan fingerprint density at radius 3 is 2.63 bits per heavy atom. The Labute approximate surface area is 179 Å². The van der Waals surface area contributed by atoms with Crippen molar-refractivity contribution in [1.29, 1.82) is 0 Å². The van der Waals surface area contributed by atoms with Gasteiger partial charge in [-0.1, -0.05) is 54.2 Å². The zero-order valence-electron chi connectivity index (χ0n) is 16.6. The molecule has 0 spiro atoms. The fourth-order valence-electron chi connectivity index (χ4n) is 2.54. The van der Waals surface area contributed by atoms with E-state index in [2.05, 4.69) is 32.4 Å². The van der Waals surface area contributed by atoms with E-state index in [-0.39, 0.29) is 11.6 Å². The predicted molar refractivity (Wildman–Crippen MR) is 121 cm³/mol. The summed E-state index contributed by atoms with van der Waals surface area (Å²) in [5, 5.41) is 3.34. The van der Waals surface area contributed by atoms with Crippen LogP contribution in [0.5, 0.6) is 5.88 Å². The van der Waals surface area contributed by atoms with Crippen LogP contribution in [-0.2, 0) is 12.3 Å². The van der Waals surface area contributed by atoms with Crippen molar-refractivity contribution in [3.05, 3.63) is 83.8 Å². The van der Waals surface area contributed by atoms with E-state index in [1.54, 1.807) is 6.07 Å². The van der Waals surface area contributed by atoms with E-state index >= 15 is 0 Å². The zero-order valence-corrected chi connectivity index (χ0v) is 17.4. The van der Waals surface area contributed by atoms with Gasteiger partial charge in [0, 0.05) is 11.4 Å². The molecule has 3 rings (SSSR count). The Balaban J connectivity index is 1.55. The SMILES string of the molecule is CCOc1cnc(C(=O)Nc2cccc(CN=C(N)SCc3ccccc3)c2)cn1. The summed E-state index contributed by atoms with van der Waals surface area (Å²) < 4.78 is 5.23. The summed E-state index contributed by atoms with van der Waals surface area (Å²) in [6.07, 6.45) is 2.82. The van der Waals surface area contributed by atoms with Gasteiger partial charge in [0.25, 0.3) is 5.91 Å². The van der Waals surface area contributed by atoms with Gasteiger partial charge in [-0.25, -0.2) is 9.97 Å². The van der Waals surface area contributed by atoms with Gasteiger partial charge >= 0.3 is 0 Å². The Kier molecular flexibility index (Phi) is 7.79. The maximum atomic E-state index is 12.4. The first kappa shape index (κ1) is 21.3. The summed E-state index contributed by atoms with van der Waals surface area (Å²) in [4.78, 5) is 24.9. The molecule has 30 heavy (non-hydrogen) atoms. The van der Waals surface area contributed by atoms with Crippen LogP contribution in [0.1, 0.15) is 28.5 Å². The third-order valence-corrected chi connectivity index (χ3v) is 4.89. The number of ether oxygens (including phenoxy) is 1. The number of thioether (sulfide) groups is 1. The van der Waals surface area contributed by atoms with E-state index in [0.29, 0.717) is 29.9 Å². The zero-order chi connectivity index (χ0) is 21.2. The number of rotatable bonds is 8. The molecule has 0 saturated heterocycles. The van der Waals surface area contributed by atoms with Crippen molar-refractivity contribution in [3.8, 4) is 5.88 Å². The molecule has 0 bridgehead atoms. The number of amides is 1. The molecule has 3 aromatic rings. The Hall–Kier alpha value is -3.39. The number of carbonyl (C=O) groups excluding carboxylic acids is 1. The highest BCUT2D eigenvalue weighted by Gasteiger charge is 2.09. The van der Waals surface area contributed by atoms with Crippen LogP contribution in [0.3, 0.4) is 0 Å². The van der Waals surface area contributed by atoms with Crippen molar-refractivity contribution in [2.75, 3.05) is 11.9 Å². The minimum absolute atomic E-state index is 0.212. The Morgan fingerprint density at radius 2 is 1.90 bits per heavy atom. The second kappa shape index (κ2) is 11.0. The molecule has 1 heterocycles. The molecule has 8 heteroatoms. The molecule has 0 aliphatic heterocycles. The topological polar surface area (TPSA) is 102 Å². The minimum Gasteiger partial charge on any atom is -0.477 e. The van der Waals surface area contributed by atoms with Gasteiger partial charge in [-0.15, -0.1) is 0 Å². The highest BCUT2D eigenvalue weighted by Crippen LogP contribution is 2.15. The van der Waals surface area contributed by atoms with E-state index in [1.807, 2.05) is 43.3 Å². The van der Waals surface area contributed by atoms with E-state index in [1.165, 1.54) is 29.7 Å². The van der Waals surface area contributed by atoms with Crippen LogP contribution < -0.4 is 15.8 Å². The number of nitrogens with two attached hydrogens (primary N) is 1. The molecule has 1 aromatic heterocycles. The number of aromatic nitrogens is 2. The van der Waals surface area contributed by atoms with Crippen LogP contribution in [-0.4, -0.2) is 27.6 Å². The summed E-state index contributed by atoms with van der Waals surface area (Å²) in [6.45, 7) is 2.78. The van der Waals surface area contributed by atoms with Crippen LogP contribution in [0.2, 0.25) is 0 Å². The molecule has 0 aliphatic rings. The summed E-state index contributed by atoms with van der Waals surface area (Å²) in [5.74, 6) is 0.816. The quantitative estimate of drug-likeness (QED) is 0.423. The van der Waals surface area contributed by atoms with Crippen molar-refractivity contribution in [3.63, 3.8) is 0 Å². The first-order chi connectivity index (χ1) is 14.6. The standard InChI is InChI=1S/C22H23N5O2S/c1-2-29-20-14-24-19(13-25-20)21(28)27-18-10-6-9-17(11-18)12-26-22(23)30-15-16-7-4-3-5-8-16/h3-11,13-14H,2,12,15H2,1H3,(H2,23,26)(H,27,28). The van der Waals surface area contributed by atoms with E-state index in [4.69, 9.17) is 10.5 Å². The highest BCUT2D eigenvalue weighted by atomic mass is 32.2. The van der Waals surface area contributed by atoms with Gasteiger partial charge in [0.2, 0.25) is 5.88 Å². The number of nitrogens with zero attached hydrogens (tertiary/aromatic N) is 3. The van der Waals surface area contributed by atoms with Gasteiger partial charge < -0.3 is 15.8 Å². The van der Waals surface area contributed by atoms with Crippen LogP contribution in [0.15, 0.2) is 72.0 Å². The van der Waals surface area contributed by atoms with Crippen LogP contribution in [0, 0.1) is 0 Å². The summed E-state index contributed by atoms with van der Waals surface area (Å²) in [5.41, 5.74) is 9.01. The fraction of sp³-hybridized carbons (Fsp3) is 0.182. The second-order valence-electron chi connectivity index (χ2n) is 6.26. The van der Waals surface area contributed by atoms with Gasteiger partial charge in [-0.2, -0.15) is 0 Å². The molecule has 1 amide bonds. The second-order valence-corrected chi connectivity index (χ2v) is 7.25. The van der Waals surface area contributed by atoms with Crippen molar-refractivity contribution in [1.82, 2.24) is 9.97 Å². The molecule has 0 radical (unpaired) electrons. The first-order valence-corrected chi connectivity index (χ1v) is 10.4. The lowest BCUT2D eigenvalue weighted by Crippen LogP contribution is -2.14. The largest absolute Gasteiger partial charge is 0.477 e. The lowest BCUT2D eigenvalue weighted by atomic mass is 10.2. The molecule has 2 aromatic carbocycles. The summed E-state index contributed by atoms with van der Waals surface area (Å²) in [6, 6.07) is 17.6. The minimum atomic E-state index is -0.343. The van der Waals surface area contributed by atoms with Crippen molar-refractivity contribution in [2.24, 2.45) is 10.7 Å². The summed E-state index contributed by atoms with van der Waals surface area (Å²) >= 11 is 1.50. The lowest BCUT2D eigenvalue weighted by Gasteiger charge is -2.07. The third-order valence-electron chi connectivity index (χ3n) is 3.98. The number of nitrogens with one attached hydrogen (secondary N) is 1. The van der Waals surface area contributed by atoms with E-state index in [9.17, 15) is 4.79 Å². The number of anilines is 1. The summed E-state index contributed by atoms with van der Waals surface area (Å²) in [7, 11) is 0. The van der Waals surface area contributed by atoms with Gasteiger partial charge in [-0.3, -0.25) is 9.79 Å². The molecule has 3 N–H and O–H groups in total. The van der Waals surface area contributed by atoms with Gasteiger partial charge in [0.15, 0.2) is 5.17 Å². The molecular formula is C22H23N5O2S. The highest BCUT2D eigenvalue weighted by molar-refractivity contribution is 8.13. The number of hydrogen-bond donors (Lipinski definition) is 2. The smallest absolute Gasteiger partial charge is 0.275 e. The van der Waals surface area contributed by atoms with Crippen LogP contribution in [0.4, 0.5) is 5.69 Å².